The Morgan fingerprint density at radius 1 is 1.53 bits per heavy atom. The first-order chi connectivity index (χ1) is 8.08. The Morgan fingerprint density at radius 3 is 2.88 bits per heavy atom. The molecule has 2 atom stereocenters. The van der Waals surface area contributed by atoms with Crippen molar-refractivity contribution in [2.75, 3.05) is 6.61 Å². The molecule has 92 valence electrons. The molecule has 1 aliphatic carbocycles. The third kappa shape index (κ3) is 2.93. The summed E-state index contributed by atoms with van der Waals surface area (Å²) in [6, 6.07) is 6.70. The van der Waals surface area contributed by atoms with E-state index in [0.29, 0.717) is 12.2 Å². The lowest BCUT2D eigenvalue weighted by Crippen LogP contribution is -2.07. The maximum absolute atomic E-state index is 12.0. The fraction of sp³-hybridized carbons (Fsp3) is 0.417. The van der Waals surface area contributed by atoms with Gasteiger partial charge in [0.2, 0.25) is 0 Å². The van der Waals surface area contributed by atoms with Gasteiger partial charge in [-0.3, -0.25) is 4.79 Å². The lowest BCUT2D eigenvalue weighted by Gasteiger charge is -2.07. The molecule has 1 N–H and O–H groups in total. The van der Waals surface area contributed by atoms with Crippen molar-refractivity contribution in [3.05, 3.63) is 29.8 Å². The molecule has 0 saturated heterocycles. The molecule has 0 aliphatic heterocycles. The topological polar surface area (TPSA) is 46.5 Å². The van der Waals surface area contributed by atoms with E-state index in [9.17, 15) is 13.6 Å². The van der Waals surface area contributed by atoms with Gasteiger partial charge in [-0.25, -0.2) is 8.78 Å². The van der Waals surface area contributed by atoms with Gasteiger partial charge in [0, 0.05) is 0 Å². The Balaban J connectivity index is 2.00. The number of carbonyl (C=O) groups is 1. The van der Waals surface area contributed by atoms with Gasteiger partial charge >= 0.3 is 5.97 Å². The van der Waals surface area contributed by atoms with E-state index >= 15 is 0 Å². The highest BCUT2D eigenvalue weighted by Gasteiger charge is 2.44. The number of hydrogen-bond acceptors (Lipinski definition) is 2. The second kappa shape index (κ2) is 4.69. The maximum atomic E-state index is 12.0. The summed E-state index contributed by atoms with van der Waals surface area (Å²) in [7, 11) is 0. The molecule has 0 aromatic heterocycles. The highest BCUT2D eigenvalue weighted by Crippen LogP contribution is 2.48. The van der Waals surface area contributed by atoms with Gasteiger partial charge in [0.05, 0.1) is 5.92 Å². The van der Waals surface area contributed by atoms with E-state index in [4.69, 9.17) is 9.84 Å². The van der Waals surface area contributed by atoms with Gasteiger partial charge in [-0.1, -0.05) is 12.1 Å². The first-order valence-corrected chi connectivity index (χ1v) is 5.31. The SMILES string of the molecule is O=C(O)[C@@H]1C[C@H]1c1cccc(OCC(F)F)c1. The zero-order valence-electron chi connectivity index (χ0n) is 8.98. The van der Waals surface area contributed by atoms with Crippen LogP contribution in [0.3, 0.4) is 0 Å². The number of hydrogen-bond donors (Lipinski definition) is 1. The summed E-state index contributed by atoms with van der Waals surface area (Å²) in [5.74, 6) is -0.810. The molecule has 0 radical (unpaired) electrons. The van der Waals surface area contributed by atoms with E-state index in [0.717, 1.165) is 5.56 Å². The predicted octanol–water partition coefficient (Wildman–Crippen LogP) is 2.52. The monoisotopic (exact) mass is 242 g/mol. The number of rotatable bonds is 5. The van der Waals surface area contributed by atoms with E-state index < -0.39 is 19.0 Å². The minimum absolute atomic E-state index is 0.0115. The molecule has 2 rings (SSSR count). The van der Waals surface area contributed by atoms with Crippen molar-refractivity contribution in [3.63, 3.8) is 0 Å². The lowest BCUT2D eigenvalue weighted by atomic mass is 10.1. The molecular formula is C12H12F2O3. The number of carboxylic acid groups (broad SMARTS) is 1. The van der Waals surface area contributed by atoms with E-state index in [-0.39, 0.29) is 11.8 Å². The Hall–Kier alpha value is -1.65. The zero-order chi connectivity index (χ0) is 12.4. The summed E-state index contributed by atoms with van der Waals surface area (Å²) < 4.78 is 28.8. The summed E-state index contributed by atoms with van der Waals surface area (Å²) in [6.45, 7) is -0.642. The Bertz CT molecular complexity index is 420. The molecule has 1 fully saturated rings. The lowest BCUT2D eigenvalue weighted by molar-refractivity contribution is -0.138. The average molecular weight is 242 g/mol. The number of carboxylic acids is 1. The van der Waals surface area contributed by atoms with E-state index in [1.54, 1.807) is 24.3 Å². The van der Waals surface area contributed by atoms with Gasteiger partial charge in [0.1, 0.15) is 12.4 Å². The van der Waals surface area contributed by atoms with Gasteiger partial charge < -0.3 is 9.84 Å². The fourth-order valence-corrected chi connectivity index (χ4v) is 1.83. The van der Waals surface area contributed by atoms with Crippen molar-refractivity contribution in [3.8, 4) is 5.75 Å². The van der Waals surface area contributed by atoms with Crippen LogP contribution >= 0.6 is 0 Å². The molecule has 0 heterocycles. The van der Waals surface area contributed by atoms with Gasteiger partial charge in [-0.15, -0.1) is 0 Å². The molecule has 17 heavy (non-hydrogen) atoms. The normalized spacial score (nSPS) is 22.5. The second-order valence-electron chi connectivity index (χ2n) is 4.06. The molecule has 1 saturated carbocycles. The largest absolute Gasteiger partial charge is 0.488 e. The minimum atomic E-state index is -2.51. The van der Waals surface area contributed by atoms with E-state index in [1.807, 2.05) is 0 Å². The highest BCUT2D eigenvalue weighted by molar-refractivity contribution is 5.75. The number of aliphatic carboxylic acids is 1. The standard InChI is InChI=1S/C12H12F2O3/c13-11(14)6-17-8-3-1-2-7(4-8)9-5-10(9)12(15)16/h1-4,9-11H,5-6H2,(H,15,16)/t9-,10+/m0/s1. The Morgan fingerprint density at radius 2 is 2.29 bits per heavy atom. The van der Waals surface area contributed by atoms with E-state index in [2.05, 4.69) is 0 Å². The molecule has 0 bridgehead atoms. The molecule has 0 amide bonds. The summed E-state index contributed by atoms with van der Waals surface area (Å²) in [5, 5.41) is 8.80. The predicted molar refractivity (Wildman–Crippen MR) is 56.4 cm³/mol. The van der Waals surface area contributed by atoms with Crippen LogP contribution in [0.25, 0.3) is 0 Å². The zero-order valence-corrected chi connectivity index (χ0v) is 8.98. The molecule has 3 nitrogen and oxygen atoms in total. The Kier molecular flexibility index (Phi) is 3.26. The molecule has 1 aromatic rings. The summed E-state index contributed by atoms with van der Waals surface area (Å²) in [5.41, 5.74) is 0.837. The first-order valence-electron chi connectivity index (χ1n) is 5.31. The van der Waals surface area contributed by atoms with Crippen molar-refractivity contribution >= 4 is 5.97 Å². The number of ether oxygens (including phenoxy) is 1. The van der Waals surface area contributed by atoms with Crippen LogP contribution in [-0.4, -0.2) is 24.1 Å². The molecule has 1 aliphatic rings. The van der Waals surface area contributed by atoms with Crippen LogP contribution in [0.2, 0.25) is 0 Å². The van der Waals surface area contributed by atoms with Gasteiger partial charge in [0.15, 0.2) is 0 Å². The maximum Gasteiger partial charge on any atom is 0.307 e. The van der Waals surface area contributed by atoms with Crippen LogP contribution in [0, 0.1) is 5.92 Å². The molecule has 1 aromatic carbocycles. The number of halogens is 2. The summed E-state index contributed by atoms with van der Waals surface area (Å²) in [4.78, 5) is 10.7. The van der Waals surface area contributed by atoms with Gasteiger partial charge in [0.25, 0.3) is 6.43 Å². The number of benzene rings is 1. The van der Waals surface area contributed by atoms with Crippen molar-refractivity contribution in [1.29, 1.82) is 0 Å². The third-order valence-electron chi connectivity index (χ3n) is 2.77. The number of alkyl halides is 2. The van der Waals surface area contributed by atoms with Crippen LogP contribution in [0.15, 0.2) is 24.3 Å². The summed E-state index contributed by atoms with van der Waals surface area (Å²) in [6.07, 6.45) is -1.90. The highest BCUT2D eigenvalue weighted by atomic mass is 19.3. The fourth-order valence-electron chi connectivity index (χ4n) is 1.83. The van der Waals surface area contributed by atoms with E-state index in [1.165, 1.54) is 0 Å². The third-order valence-corrected chi connectivity index (χ3v) is 2.77. The molecule has 0 unspecified atom stereocenters. The van der Waals surface area contributed by atoms with Crippen LogP contribution in [0.5, 0.6) is 5.75 Å². The first kappa shape index (κ1) is 11.8. The van der Waals surface area contributed by atoms with Crippen molar-refractivity contribution in [2.24, 2.45) is 5.92 Å². The summed E-state index contributed by atoms with van der Waals surface area (Å²) >= 11 is 0. The molecule has 0 spiro atoms. The second-order valence-corrected chi connectivity index (χ2v) is 4.06. The average Bonchev–Trinajstić information content (AvgIpc) is 3.06. The van der Waals surface area contributed by atoms with Crippen LogP contribution in [0.1, 0.15) is 17.9 Å². The van der Waals surface area contributed by atoms with Crippen LogP contribution < -0.4 is 4.74 Å². The van der Waals surface area contributed by atoms with Crippen molar-refractivity contribution < 1.29 is 23.4 Å². The van der Waals surface area contributed by atoms with Crippen molar-refractivity contribution in [2.45, 2.75) is 18.8 Å². The quantitative estimate of drug-likeness (QED) is 0.863. The Labute approximate surface area is 97.0 Å². The van der Waals surface area contributed by atoms with Crippen LogP contribution in [-0.2, 0) is 4.79 Å². The van der Waals surface area contributed by atoms with Gasteiger partial charge in [-0.05, 0) is 30.0 Å². The van der Waals surface area contributed by atoms with Crippen molar-refractivity contribution in [1.82, 2.24) is 0 Å². The molecular weight excluding hydrogens is 230 g/mol. The minimum Gasteiger partial charge on any atom is -0.488 e. The molecule has 5 heteroatoms. The van der Waals surface area contributed by atoms with Gasteiger partial charge in [-0.2, -0.15) is 0 Å². The smallest absolute Gasteiger partial charge is 0.307 e. The van der Waals surface area contributed by atoms with Crippen LogP contribution in [0.4, 0.5) is 8.78 Å².